The van der Waals surface area contributed by atoms with Crippen LogP contribution in [-0.2, 0) is 11.2 Å². The maximum absolute atomic E-state index is 10.5. The normalized spacial score (nSPS) is 20.8. The molecule has 0 radical (unpaired) electrons. The van der Waals surface area contributed by atoms with E-state index in [1.54, 1.807) is 6.20 Å². The van der Waals surface area contributed by atoms with Gasteiger partial charge in [-0.1, -0.05) is 6.07 Å². The molecule has 1 aliphatic rings. The number of nitrogens with zero attached hydrogens (tertiary/aromatic N) is 1. The highest BCUT2D eigenvalue weighted by molar-refractivity contribution is 5.60. The molecule has 0 saturated heterocycles. The maximum atomic E-state index is 10.5. The number of pyridine rings is 1. The van der Waals surface area contributed by atoms with Crippen molar-refractivity contribution in [3.8, 4) is 0 Å². The highest BCUT2D eigenvalue weighted by Crippen LogP contribution is 2.20. The lowest BCUT2D eigenvalue weighted by Crippen LogP contribution is -2.24. The van der Waals surface area contributed by atoms with E-state index in [4.69, 9.17) is 0 Å². The third-order valence-electron chi connectivity index (χ3n) is 2.10. The molecule has 2 rings (SSSR count). The molecule has 0 aliphatic carbocycles. The summed E-state index contributed by atoms with van der Waals surface area (Å²) in [6.07, 6.45) is 3.58. The molecule has 1 aromatic heterocycles. The molecule has 3 heteroatoms. The number of carbonyl (C=O) groups excluding carboxylic acids is 1. The molecule has 0 fully saturated rings. The molecule has 1 aromatic rings. The van der Waals surface area contributed by atoms with E-state index < -0.39 is 0 Å². The summed E-state index contributed by atoms with van der Waals surface area (Å²) in [5.41, 5.74) is 1.14. The van der Waals surface area contributed by atoms with Gasteiger partial charge in [0, 0.05) is 18.7 Å². The number of aldehydes is 1. The van der Waals surface area contributed by atoms with Crippen LogP contribution in [0.3, 0.4) is 0 Å². The van der Waals surface area contributed by atoms with Gasteiger partial charge in [0.05, 0.1) is 0 Å². The third-order valence-corrected chi connectivity index (χ3v) is 2.10. The second-order valence-electron chi connectivity index (χ2n) is 2.99. The Hall–Kier alpha value is -1.38. The van der Waals surface area contributed by atoms with E-state index in [1.807, 2.05) is 12.1 Å². The van der Waals surface area contributed by atoms with Crippen molar-refractivity contribution in [2.75, 3.05) is 11.9 Å². The summed E-state index contributed by atoms with van der Waals surface area (Å²) in [7, 11) is 0. The monoisotopic (exact) mass is 162 g/mol. The van der Waals surface area contributed by atoms with Crippen LogP contribution in [0.25, 0.3) is 0 Å². The summed E-state index contributed by atoms with van der Waals surface area (Å²) < 4.78 is 0. The summed E-state index contributed by atoms with van der Waals surface area (Å²) in [4.78, 5) is 14.7. The summed E-state index contributed by atoms with van der Waals surface area (Å²) >= 11 is 0. The van der Waals surface area contributed by atoms with Crippen molar-refractivity contribution < 1.29 is 4.79 Å². The number of hydrogen-bond acceptors (Lipinski definition) is 3. The first-order chi connectivity index (χ1) is 5.90. The number of fused-ring (bicyclic) bond motifs is 1. The first kappa shape index (κ1) is 7.28. The van der Waals surface area contributed by atoms with Crippen LogP contribution in [0.4, 0.5) is 5.82 Å². The van der Waals surface area contributed by atoms with E-state index in [2.05, 4.69) is 10.3 Å². The van der Waals surface area contributed by atoms with Crippen LogP contribution in [0.1, 0.15) is 5.56 Å². The number of aromatic nitrogens is 1. The van der Waals surface area contributed by atoms with Crippen LogP contribution in [0.5, 0.6) is 0 Å². The number of rotatable bonds is 1. The summed E-state index contributed by atoms with van der Waals surface area (Å²) in [6.45, 7) is 0.716. The Bertz CT molecular complexity index is 298. The molecule has 0 saturated carbocycles. The molecule has 12 heavy (non-hydrogen) atoms. The zero-order valence-corrected chi connectivity index (χ0v) is 6.66. The number of hydrogen-bond donors (Lipinski definition) is 1. The Labute approximate surface area is 70.8 Å². The average molecular weight is 162 g/mol. The topological polar surface area (TPSA) is 42.0 Å². The minimum Gasteiger partial charge on any atom is -0.369 e. The van der Waals surface area contributed by atoms with E-state index in [-0.39, 0.29) is 5.92 Å². The van der Waals surface area contributed by atoms with Gasteiger partial charge in [-0.15, -0.1) is 0 Å². The van der Waals surface area contributed by atoms with Crippen LogP contribution < -0.4 is 5.32 Å². The van der Waals surface area contributed by atoms with Crippen LogP contribution >= 0.6 is 0 Å². The third kappa shape index (κ3) is 1.18. The van der Waals surface area contributed by atoms with E-state index in [0.717, 1.165) is 24.1 Å². The largest absolute Gasteiger partial charge is 0.369 e. The molecular formula is C9H10N2O. The predicted octanol–water partition coefficient (Wildman–Crippen LogP) is 0.865. The van der Waals surface area contributed by atoms with Crippen molar-refractivity contribution >= 4 is 12.1 Å². The van der Waals surface area contributed by atoms with Crippen LogP contribution in [0.2, 0.25) is 0 Å². The molecule has 0 spiro atoms. The Balaban J connectivity index is 2.28. The van der Waals surface area contributed by atoms with Gasteiger partial charge in [-0.05, 0) is 18.1 Å². The molecule has 1 atom stereocenters. The van der Waals surface area contributed by atoms with Gasteiger partial charge in [0.15, 0.2) is 0 Å². The second kappa shape index (κ2) is 2.93. The number of anilines is 1. The molecule has 0 bridgehead atoms. The van der Waals surface area contributed by atoms with Crippen molar-refractivity contribution in [1.82, 2.24) is 4.98 Å². The van der Waals surface area contributed by atoms with Gasteiger partial charge in [-0.3, -0.25) is 0 Å². The average Bonchev–Trinajstić information content (AvgIpc) is 2.17. The smallest absolute Gasteiger partial charge is 0.129 e. The van der Waals surface area contributed by atoms with Crippen LogP contribution in [-0.4, -0.2) is 17.8 Å². The van der Waals surface area contributed by atoms with Gasteiger partial charge in [-0.2, -0.15) is 0 Å². The highest BCUT2D eigenvalue weighted by Gasteiger charge is 2.17. The second-order valence-corrected chi connectivity index (χ2v) is 2.99. The van der Waals surface area contributed by atoms with Gasteiger partial charge >= 0.3 is 0 Å². The molecule has 1 N–H and O–H groups in total. The molecule has 0 aromatic carbocycles. The fraction of sp³-hybridized carbons (Fsp3) is 0.333. The molecule has 62 valence electrons. The minimum atomic E-state index is 0.113. The van der Waals surface area contributed by atoms with Crippen molar-refractivity contribution in [3.63, 3.8) is 0 Å². The van der Waals surface area contributed by atoms with E-state index >= 15 is 0 Å². The number of carbonyl (C=O) groups is 1. The zero-order chi connectivity index (χ0) is 8.39. The molecule has 2 heterocycles. The lowest BCUT2D eigenvalue weighted by atomic mass is 9.98. The Morgan fingerprint density at radius 1 is 1.67 bits per heavy atom. The molecular weight excluding hydrogens is 152 g/mol. The first-order valence-corrected chi connectivity index (χ1v) is 4.03. The van der Waals surface area contributed by atoms with Gasteiger partial charge in [0.25, 0.3) is 0 Å². The fourth-order valence-electron chi connectivity index (χ4n) is 1.44. The number of nitrogens with one attached hydrogen (secondary N) is 1. The van der Waals surface area contributed by atoms with Gasteiger partial charge < -0.3 is 10.1 Å². The molecule has 1 aliphatic heterocycles. The van der Waals surface area contributed by atoms with Crippen molar-refractivity contribution in [2.45, 2.75) is 6.42 Å². The lowest BCUT2D eigenvalue weighted by Gasteiger charge is -2.20. The van der Waals surface area contributed by atoms with Crippen LogP contribution in [0, 0.1) is 5.92 Å². The molecule has 3 nitrogen and oxygen atoms in total. The predicted molar refractivity (Wildman–Crippen MR) is 46.0 cm³/mol. The standard InChI is InChI=1S/C9H10N2O/c12-6-7-4-8-2-1-3-10-9(8)11-5-7/h1-3,6-7H,4-5H2,(H,10,11). The Morgan fingerprint density at radius 3 is 3.42 bits per heavy atom. The Kier molecular flexibility index (Phi) is 1.78. The SMILES string of the molecule is O=CC1CNc2ncccc2C1. The minimum absolute atomic E-state index is 0.113. The maximum Gasteiger partial charge on any atom is 0.129 e. The highest BCUT2D eigenvalue weighted by atomic mass is 16.1. The zero-order valence-electron chi connectivity index (χ0n) is 6.66. The van der Waals surface area contributed by atoms with Gasteiger partial charge in [-0.25, -0.2) is 4.98 Å². The molecule has 1 unspecified atom stereocenters. The van der Waals surface area contributed by atoms with E-state index in [9.17, 15) is 4.79 Å². The van der Waals surface area contributed by atoms with E-state index in [0.29, 0.717) is 6.54 Å². The van der Waals surface area contributed by atoms with Crippen molar-refractivity contribution in [3.05, 3.63) is 23.9 Å². The van der Waals surface area contributed by atoms with Gasteiger partial charge in [0.1, 0.15) is 12.1 Å². The summed E-state index contributed by atoms with van der Waals surface area (Å²) in [6, 6.07) is 3.90. The van der Waals surface area contributed by atoms with Crippen LogP contribution in [0.15, 0.2) is 18.3 Å². The molecule has 0 amide bonds. The van der Waals surface area contributed by atoms with E-state index in [1.165, 1.54) is 0 Å². The fourth-order valence-corrected chi connectivity index (χ4v) is 1.44. The van der Waals surface area contributed by atoms with Crippen molar-refractivity contribution in [2.24, 2.45) is 5.92 Å². The quantitative estimate of drug-likeness (QED) is 0.623. The first-order valence-electron chi connectivity index (χ1n) is 4.03. The lowest BCUT2D eigenvalue weighted by molar-refractivity contribution is -0.110. The summed E-state index contributed by atoms with van der Waals surface area (Å²) in [5, 5.41) is 3.12. The Morgan fingerprint density at radius 2 is 2.58 bits per heavy atom. The summed E-state index contributed by atoms with van der Waals surface area (Å²) in [5.74, 6) is 1.04. The van der Waals surface area contributed by atoms with Gasteiger partial charge in [0.2, 0.25) is 0 Å². The van der Waals surface area contributed by atoms with Crippen molar-refractivity contribution in [1.29, 1.82) is 0 Å².